The molecule has 2 amide bonds. The smallest absolute Gasteiger partial charge is 0.330 e. The highest BCUT2D eigenvalue weighted by molar-refractivity contribution is 9.10. The van der Waals surface area contributed by atoms with Gasteiger partial charge in [0.1, 0.15) is 98.5 Å². The highest BCUT2D eigenvalue weighted by Crippen LogP contribution is 2.33. The van der Waals surface area contributed by atoms with E-state index in [1.807, 2.05) is 152 Å². The van der Waals surface area contributed by atoms with Crippen LogP contribution in [0.25, 0.3) is 6.08 Å². The Labute approximate surface area is 600 Å². The van der Waals surface area contributed by atoms with Crippen molar-refractivity contribution in [2.75, 3.05) is 21.3 Å². The van der Waals surface area contributed by atoms with E-state index in [1.54, 1.807) is 91.0 Å². The zero-order valence-corrected chi connectivity index (χ0v) is 57.8. The van der Waals surface area contributed by atoms with Crippen LogP contribution >= 0.6 is 31.9 Å². The Morgan fingerprint density at radius 3 is 1.34 bits per heavy atom. The first-order valence-electron chi connectivity index (χ1n) is 30.2. The van der Waals surface area contributed by atoms with Crippen molar-refractivity contribution in [2.24, 2.45) is 0 Å². The molecule has 0 unspecified atom stereocenters. The largest absolute Gasteiger partial charge is 0.508 e. The standard InChI is InChI=1S/C17H15NO3.C17H13NO3.C16H13NO3.C13H8BrNO.C7H3BrFN.C6H6O.C4H6O2/c2*1-20-17(19)11-10-13-6-5-9-16(15(13)12-18)21-14-7-3-2-4-8-14;18-14-10-9-11-5-4-8-13(15(11)16(19)17-14)20-12-6-2-1-3-7-12;14-12-7-4-8-13(11(12)9-15)16-10-5-2-1-3-6-10;8-6-2-1-3-7(9)5(6)4-10;7-6-4-2-1-3-5-6;1-3-4(5)6-2/h2-9H,10-11H2,1H3;2-11H,1H3;1-8H,9-10H2,(H,17,18,19);1-8H;1-3H;1-5,7H;3H,1H2,2H3/b;11-10+;;;;;. The number of hydrogen-bond donors (Lipinski definition) is 2. The summed E-state index contributed by atoms with van der Waals surface area (Å²) in [5.41, 5.74) is 4.03. The molecule has 0 aromatic heterocycles. The number of fused-ring (bicyclic) bond motifs is 1. The molecule has 10 aromatic rings. The Balaban J connectivity index is 0.000000220. The van der Waals surface area contributed by atoms with Gasteiger partial charge < -0.3 is 38.3 Å². The minimum Gasteiger partial charge on any atom is -0.508 e. The van der Waals surface area contributed by atoms with E-state index in [-0.39, 0.29) is 23.9 Å². The number of rotatable bonds is 14. The summed E-state index contributed by atoms with van der Waals surface area (Å²) in [6.45, 7) is 3.16. The highest BCUT2D eigenvalue weighted by Gasteiger charge is 2.24. The van der Waals surface area contributed by atoms with Crippen molar-refractivity contribution >= 4 is 67.7 Å². The maximum Gasteiger partial charge on any atom is 0.330 e. The highest BCUT2D eigenvalue weighted by atomic mass is 79.9. The molecule has 11 rings (SSSR count). The summed E-state index contributed by atoms with van der Waals surface area (Å²) in [6, 6.07) is 79.8. The molecule has 0 saturated heterocycles. The maximum absolute atomic E-state index is 12.6. The van der Waals surface area contributed by atoms with Crippen LogP contribution in [-0.4, -0.2) is 56.2 Å². The van der Waals surface area contributed by atoms with Gasteiger partial charge in [0.2, 0.25) is 5.91 Å². The number of nitrogens with zero attached hydrogens (tertiary/aromatic N) is 4. The molecule has 10 aromatic carbocycles. The van der Waals surface area contributed by atoms with Gasteiger partial charge in [-0.15, -0.1) is 0 Å². The number of nitriles is 4. The molecule has 18 nitrogen and oxygen atoms in total. The number of esters is 3. The molecule has 0 fully saturated rings. The molecule has 0 radical (unpaired) electrons. The number of aromatic hydroxyl groups is 1. The Kier molecular flexibility index (Phi) is 34.3. The van der Waals surface area contributed by atoms with Crippen LogP contribution in [0.15, 0.2) is 270 Å². The van der Waals surface area contributed by atoms with Crippen molar-refractivity contribution in [2.45, 2.75) is 25.7 Å². The lowest BCUT2D eigenvalue weighted by atomic mass is 10.0. The van der Waals surface area contributed by atoms with E-state index in [0.29, 0.717) is 97.5 Å². The van der Waals surface area contributed by atoms with E-state index in [1.165, 1.54) is 39.5 Å². The van der Waals surface area contributed by atoms with Crippen LogP contribution < -0.4 is 24.3 Å². The number of para-hydroxylation sites is 5. The van der Waals surface area contributed by atoms with Crippen LogP contribution in [-0.2, 0) is 46.2 Å². The molecule has 2 N–H and O–H groups in total. The van der Waals surface area contributed by atoms with E-state index in [9.17, 15) is 38.9 Å². The number of imide groups is 1. The monoisotopic (exact) mass is 1480 g/mol. The van der Waals surface area contributed by atoms with E-state index >= 15 is 0 Å². The van der Waals surface area contributed by atoms with Crippen molar-refractivity contribution < 1.29 is 66.6 Å². The number of halogens is 3. The number of hydrogen-bond acceptors (Lipinski definition) is 17. The fourth-order valence-corrected chi connectivity index (χ4v) is 9.22. The summed E-state index contributed by atoms with van der Waals surface area (Å²) in [5.74, 6) is 2.66. The molecule has 0 saturated carbocycles. The second-order valence-electron chi connectivity index (χ2n) is 20.0. The lowest BCUT2D eigenvalue weighted by molar-refractivity contribution is -0.140. The normalized spacial score (nSPS) is 10.3. The fourth-order valence-electron chi connectivity index (χ4n) is 8.36. The second-order valence-corrected chi connectivity index (χ2v) is 21.7. The van der Waals surface area contributed by atoms with E-state index in [4.69, 9.17) is 34.6 Å². The molecule has 0 aliphatic carbocycles. The van der Waals surface area contributed by atoms with Crippen molar-refractivity contribution in [1.82, 2.24) is 5.32 Å². The average Bonchev–Trinajstić information content (AvgIpc) is 1.80. The first-order valence-corrected chi connectivity index (χ1v) is 31.8. The predicted molar refractivity (Wildman–Crippen MR) is 385 cm³/mol. The number of benzene rings is 10. The number of nitrogens with one attached hydrogen (secondary N) is 1. The Morgan fingerprint density at radius 1 is 0.495 bits per heavy atom. The number of phenolic OH excluding ortho intramolecular Hbond substituents is 1. The first-order chi connectivity index (χ1) is 49.0. The minimum absolute atomic E-state index is 0.0579. The summed E-state index contributed by atoms with van der Waals surface area (Å²) >= 11 is 6.36. The molecule has 0 atom stereocenters. The molecule has 0 bridgehead atoms. The van der Waals surface area contributed by atoms with E-state index in [0.717, 1.165) is 27.4 Å². The molecular weight excluding hydrogens is 1420 g/mol. The van der Waals surface area contributed by atoms with Gasteiger partial charge in [0.15, 0.2) is 0 Å². The van der Waals surface area contributed by atoms with Crippen LogP contribution in [0.3, 0.4) is 0 Å². The van der Waals surface area contributed by atoms with Crippen LogP contribution in [0.4, 0.5) is 4.39 Å². The number of phenols is 1. The topological polar surface area (TPSA) is 277 Å². The van der Waals surface area contributed by atoms with Gasteiger partial charge in [0.25, 0.3) is 5.91 Å². The molecule has 0 spiro atoms. The van der Waals surface area contributed by atoms with Gasteiger partial charge in [-0.2, -0.15) is 21.0 Å². The van der Waals surface area contributed by atoms with E-state index < -0.39 is 23.7 Å². The summed E-state index contributed by atoms with van der Waals surface area (Å²) in [4.78, 5) is 55.8. The zero-order chi connectivity index (χ0) is 73.2. The summed E-state index contributed by atoms with van der Waals surface area (Å²) in [5, 5.41) is 47.1. The van der Waals surface area contributed by atoms with Crippen molar-refractivity contribution in [3.8, 4) is 76.0 Å². The van der Waals surface area contributed by atoms with Crippen LogP contribution in [0.2, 0.25) is 0 Å². The van der Waals surface area contributed by atoms with Gasteiger partial charge in [-0.05, 0) is 171 Å². The van der Waals surface area contributed by atoms with Crippen molar-refractivity contribution in [3.05, 3.63) is 321 Å². The molecule has 1 heterocycles. The summed E-state index contributed by atoms with van der Waals surface area (Å²) < 4.78 is 50.0. The average molecular weight is 1480 g/mol. The Morgan fingerprint density at radius 2 is 0.911 bits per heavy atom. The van der Waals surface area contributed by atoms with E-state index in [2.05, 4.69) is 76.2 Å². The quantitative estimate of drug-likeness (QED) is 0.0443. The number of ether oxygens (including phenoxy) is 7. The van der Waals surface area contributed by atoms with Gasteiger partial charge in [0, 0.05) is 33.9 Å². The third-order valence-corrected chi connectivity index (χ3v) is 14.5. The number of aryl methyl sites for hydroxylation is 2. The van der Waals surface area contributed by atoms with Crippen LogP contribution in [0.5, 0.6) is 51.7 Å². The lowest BCUT2D eigenvalue weighted by Gasteiger charge is -2.12. The number of carbonyl (C=O) groups is 5. The maximum atomic E-state index is 12.6. The molecule has 101 heavy (non-hydrogen) atoms. The SMILES string of the molecule is C=CC(=O)OC.COC(=O)/C=C/c1cccc(Oc2ccccc2)c1C#N.COC(=O)CCc1cccc(Oc2ccccc2)c1C#N.N#Cc1c(Br)cccc1Oc1ccccc1.N#Cc1c(F)cccc1Br.O=C1CCc2cccc(Oc3ccccc3)c2C(=O)N1.Oc1ccccc1. The summed E-state index contributed by atoms with van der Waals surface area (Å²) in [6.07, 6.45) is 5.44. The molecule has 21 heteroatoms. The predicted octanol–water partition coefficient (Wildman–Crippen LogP) is 18.0. The molecule has 1 aliphatic heterocycles. The number of amides is 2. The van der Waals surface area contributed by atoms with Gasteiger partial charge in [-0.3, -0.25) is 19.7 Å². The Bertz CT molecular complexity index is 4560. The lowest BCUT2D eigenvalue weighted by Crippen LogP contribution is -2.28. The van der Waals surface area contributed by atoms with Crippen molar-refractivity contribution in [1.29, 1.82) is 21.0 Å². The van der Waals surface area contributed by atoms with Gasteiger partial charge in [-0.25, -0.2) is 14.0 Å². The van der Waals surface area contributed by atoms with Gasteiger partial charge in [-0.1, -0.05) is 146 Å². The zero-order valence-electron chi connectivity index (χ0n) is 54.6. The molecular formula is C80H64Br2FN5O13. The fraction of sp³-hybridized carbons (Fsp3) is 0.0875. The second kappa shape index (κ2) is 44.0. The first kappa shape index (κ1) is 78.8. The van der Waals surface area contributed by atoms with Crippen LogP contribution in [0, 0.1) is 51.1 Å². The Hall–Kier alpha value is -12.9. The number of carbonyl (C=O) groups excluding carboxylic acids is 5. The van der Waals surface area contributed by atoms with Crippen LogP contribution in [0.1, 0.15) is 62.1 Å². The molecule has 508 valence electrons. The third-order valence-electron chi connectivity index (χ3n) is 13.2. The minimum atomic E-state index is -0.489. The number of methoxy groups -OCH3 is 3. The molecule has 1 aliphatic rings. The van der Waals surface area contributed by atoms with Gasteiger partial charge in [0.05, 0.1) is 32.5 Å². The summed E-state index contributed by atoms with van der Waals surface area (Å²) in [7, 11) is 3.96. The van der Waals surface area contributed by atoms with Gasteiger partial charge >= 0.3 is 17.9 Å². The third kappa shape index (κ3) is 27.3. The van der Waals surface area contributed by atoms with Crippen molar-refractivity contribution in [3.63, 3.8) is 0 Å².